The van der Waals surface area contributed by atoms with Gasteiger partial charge in [-0.05, 0) is 50.2 Å². The molecular formula is C20H21ClN4OS. The minimum absolute atomic E-state index is 0.0978. The molecular weight excluding hydrogens is 380 g/mol. The predicted molar refractivity (Wildman–Crippen MR) is 110 cm³/mol. The first-order valence-corrected chi connectivity index (χ1v) is 10.2. The van der Waals surface area contributed by atoms with Crippen LogP contribution >= 0.6 is 23.4 Å². The van der Waals surface area contributed by atoms with Crippen molar-refractivity contribution in [2.75, 3.05) is 18.8 Å². The standard InChI is InChI=1S/C20H21ClN4OS/c1-3-24(4-2)18(26)14-27-20-23-22-19(15-10-12-16(21)13-11-15)25(20)17-8-6-5-7-9-17/h5-13H,3-4,14H2,1-2H3. The monoisotopic (exact) mass is 400 g/mol. The number of aromatic nitrogens is 3. The van der Waals surface area contributed by atoms with Crippen molar-refractivity contribution >= 4 is 29.3 Å². The molecule has 0 saturated carbocycles. The molecule has 27 heavy (non-hydrogen) atoms. The molecule has 1 heterocycles. The highest BCUT2D eigenvalue weighted by Crippen LogP contribution is 2.28. The summed E-state index contributed by atoms with van der Waals surface area (Å²) >= 11 is 7.41. The first-order valence-electron chi connectivity index (χ1n) is 8.81. The molecule has 3 rings (SSSR count). The lowest BCUT2D eigenvalue weighted by Crippen LogP contribution is -2.31. The Balaban J connectivity index is 1.95. The van der Waals surface area contributed by atoms with Crippen LogP contribution in [-0.4, -0.2) is 44.4 Å². The van der Waals surface area contributed by atoms with Crippen LogP contribution in [0.3, 0.4) is 0 Å². The number of thioether (sulfide) groups is 1. The van der Waals surface area contributed by atoms with Crippen molar-refractivity contribution in [1.29, 1.82) is 0 Å². The van der Waals surface area contributed by atoms with Gasteiger partial charge in [0.05, 0.1) is 5.75 Å². The molecule has 0 N–H and O–H groups in total. The molecule has 1 aromatic heterocycles. The normalized spacial score (nSPS) is 10.8. The van der Waals surface area contributed by atoms with Crippen molar-refractivity contribution in [3.8, 4) is 17.1 Å². The Morgan fingerprint density at radius 2 is 1.70 bits per heavy atom. The number of nitrogens with zero attached hydrogens (tertiary/aromatic N) is 4. The topological polar surface area (TPSA) is 51.0 Å². The summed E-state index contributed by atoms with van der Waals surface area (Å²) in [5, 5.41) is 10.1. The number of carbonyl (C=O) groups is 1. The number of rotatable bonds is 7. The highest BCUT2D eigenvalue weighted by atomic mass is 35.5. The molecule has 0 aliphatic carbocycles. The van der Waals surface area contributed by atoms with Gasteiger partial charge in [-0.15, -0.1) is 10.2 Å². The summed E-state index contributed by atoms with van der Waals surface area (Å²) in [5.74, 6) is 1.14. The number of hydrogen-bond donors (Lipinski definition) is 0. The number of halogens is 1. The summed E-state index contributed by atoms with van der Waals surface area (Å²) in [6.07, 6.45) is 0. The second-order valence-corrected chi connectivity index (χ2v) is 7.22. The van der Waals surface area contributed by atoms with E-state index in [0.29, 0.717) is 29.0 Å². The fourth-order valence-electron chi connectivity index (χ4n) is 2.75. The summed E-state index contributed by atoms with van der Waals surface area (Å²) in [6.45, 7) is 5.38. The molecule has 1 amide bonds. The van der Waals surface area contributed by atoms with Crippen molar-refractivity contribution in [1.82, 2.24) is 19.7 Å². The molecule has 0 spiro atoms. The van der Waals surface area contributed by atoms with E-state index in [2.05, 4.69) is 10.2 Å². The van der Waals surface area contributed by atoms with E-state index in [0.717, 1.165) is 17.1 Å². The van der Waals surface area contributed by atoms with Crippen LogP contribution in [0.2, 0.25) is 5.02 Å². The Morgan fingerprint density at radius 3 is 2.33 bits per heavy atom. The average Bonchev–Trinajstić information content (AvgIpc) is 3.12. The Labute approximate surface area is 168 Å². The summed E-state index contributed by atoms with van der Waals surface area (Å²) in [6, 6.07) is 17.4. The Bertz CT molecular complexity index is 892. The van der Waals surface area contributed by atoms with Gasteiger partial charge in [0, 0.05) is 29.4 Å². The van der Waals surface area contributed by atoms with Crippen molar-refractivity contribution in [3.05, 3.63) is 59.6 Å². The van der Waals surface area contributed by atoms with Crippen LogP contribution in [0.5, 0.6) is 0 Å². The molecule has 0 bridgehead atoms. The summed E-state index contributed by atoms with van der Waals surface area (Å²) in [4.78, 5) is 14.2. The summed E-state index contributed by atoms with van der Waals surface area (Å²) in [7, 11) is 0. The Hall–Kier alpha value is -2.31. The maximum Gasteiger partial charge on any atom is 0.233 e. The van der Waals surface area contributed by atoms with Crippen LogP contribution in [0.1, 0.15) is 13.8 Å². The molecule has 140 valence electrons. The smallest absolute Gasteiger partial charge is 0.233 e. The molecule has 0 aliphatic rings. The van der Waals surface area contributed by atoms with Gasteiger partial charge in [-0.25, -0.2) is 0 Å². The van der Waals surface area contributed by atoms with Gasteiger partial charge in [0.1, 0.15) is 0 Å². The van der Waals surface area contributed by atoms with E-state index in [4.69, 9.17) is 11.6 Å². The molecule has 5 nitrogen and oxygen atoms in total. The molecule has 0 aliphatic heterocycles. The lowest BCUT2D eigenvalue weighted by atomic mass is 10.2. The molecule has 0 atom stereocenters. The zero-order chi connectivity index (χ0) is 19.2. The van der Waals surface area contributed by atoms with E-state index in [9.17, 15) is 4.79 Å². The van der Waals surface area contributed by atoms with Gasteiger partial charge in [-0.3, -0.25) is 9.36 Å². The van der Waals surface area contributed by atoms with E-state index in [1.54, 1.807) is 0 Å². The minimum Gasteiger partial charge on any atom is -0.343 e. The van der Waals surface area contributed by atoms with Gasteiger partial charge < -0.3 is 4.90 Å². The number of amides is 1. The number of carbonyl (C=O) groups excluding carboxylic acids is 1. The fraction of sp³-hybridized carbons (Fsp3) is 0.250. The Kier molecular flexibility index (Phi) is 6.53. The van der Waals surface area contributed by atoms with Gasteiger partial charge in [0.15, 0.2) is 11.0 Å². The van der Waals surface area contributed by atoms with Crippen molar-refractivity contribution in [2.45, 2.75) is 19.0 Å². The molecule has 2 aromatic carbocycles. The van der Waals surface area contributed by atoms with Crippen LogP contribution < -0.4 is 0 Å². The van der Waals surface area contributed by atoms with Gasteiger partial charge in [-0.2, -0.15) is 0 Å². The van der Waals surface area contributed by atoms with Gasteiger partial charge >= 0.3 is 0 Å². The maximum absolute atomic E-state index is 12.4. The molecule has 3 aromatic rings. The zero-order valence-corrected chi connectivity index (χ0v) is 16.9. The van der Waals surface area contributed by atoms with E-state index >= 15 is 0 Å². The lowest BCUT2D eigenvalue weighted by Gasteiger charge is -2.18. The number of benzene rings is 2. The number of para-hydroxylation sites is 1. The van der Waals surface area contributed by atoms with Crippen molar-refractivity contribution in [2.24, 2.45) is 0 Å². The van der Waals surface area contributed by atoms with Crippen molar-refractivity contribution < 1.29 is 4.79 Å². The van der Waals surface area contributed by atoms with E-state index in [-0.39, 0.29) is 5.91 Å². The largest absolute Gasteiger partial charge is 0.343 e. The summed E-state index contributed by atoms with van der Waals surface area (Å²) in [5.41, 5.74) is 1.86. The van der Waals surface area contributed by atoms with Crippen LogP contribution in [0.15, 0.2) is 59.8 Å². The van der Waals surface area contributed by atoms with E-state index in [1.807, 2.05) is 77.9 Å². The van der Waals surface area contributed by atoms with Crippen LogP contribution in [0, 0.1) is 0 Å². The SMILES string of the molecule is CCN(CC)C(=O)CSc1nnc(-c2ccc(Cl)cc2)n1-c1ccccc1. The first-order chi connectivity index (χ1) is 13.1. The van der Waals surface area contributed by atoms with Crippen LogP contribution in [0.25, 0.3) is 17.1 Å². The average molecular weight is 401 g/mol. The lowest BCUT2D eigenvalue weighted by molar-refractivity contribution is -0.127. The number of hydrogen-bond acceptors (Lipinski definition) is 4. The molecule has 7 heteroatoms. The second kappa shape index (κ2) is 9.06. The van der Waals surface area contributed by atoms with Gasteiger partial charge in [0.25, 0.3) is 0 Å². The predicted octanol–water partition coefficient (Wildman–Crippen LogP) is 4.55. The highest BCUT2D eigenvalue weighted by Gasteiger charge is 2.18. The van der Waals surface area contributed by atoms with Crippen LogP contribution in [-0.2, 0) is 4.79 Å². The van der Waals surface area contributed by atoms with Crippen LogP contribution in [0.4, 0.5) is 0 Å². The van der Waals surface area contributed by atoms with Gasteiger partial charge in [-0.1, -0.05) is 41.6 Å². The first kappa shape index (κ1) is 19.5. The third-order valence-corrected chi connectivity index (χ3v) is 5.36. The molecule has 0 fully saturated rings. The Morgan fingerprint density at radius 1 is 1.04 bits per heavy atom. The highest BCUT2D eigenvalue weighted by molar-refractivity contribution is 7.99. The van der Waals surface area contributed by atoms with E-state index in [1.165, 1.54) is 11.8 Å². The third-order valence-electron chi connectivity index (χ3n) is 4.19. The quantitative estimate of drug-likeness (QED) is 0.546. The van der Waals surface area contributed by atoms with Gasteiger partial charge in [0.2, 0.25) is 5.91 Å². The zero-order valence-electron chi connectivity index (χ0n) is 15.3. The second-order valence-electron chi connectivity index (χ2n) is 5.84. The van der Waals surface area contributed by atoms with Crippen molar-refractivity contribution in [3.63, 3.8) is 0 Å². The summed E-state index contributed by atoms with van der Waals surface area (Å²) < 4.78 is 1.98. The molecule has 0 saturated heterocycles. The molecule has 0 radical (unpaired) electrons. The third kappa shape index (κ3) is 4.51. The molecule has 0 unspecified atom stereocenters. The maximum atomic E-state index is 12.4. The van der Waals surface area contributed by atoms with E-state index < -0.39 is 0 Å². The minimum atomic E-state index is 0.0978. The fourth-order valence-corrected chi connectivity index (χ4v) is 3.73.